The third kappa shape index (κ3) is 11.5. The number of carboxylic acid groups (broad SMARTS) is 4. The molecule has 2 atom stereocenters. The summed E-state index contributed by atoms with van der Waals surface area (Å²) in [7, 11) is 9.63. The summed E-state index contributed by atoms with van der Waals surface area (Å²) in [5.41, 5.74) is 0. The van der Waals surface area contributed by atoms with E-state index in [-0.39, 0.29) is 15.9 Å². The summed E-state index contributed by atoms with van der Waals surface area (Å²) in [6, 6.07) is -1.05. The first kappa shape index (κ1) is 26.0. The fraction of sp³-hybridized carbons (Fsp3) is 0.714. The van der Waals surface area contributed by atoms with Gasteiger partial charge in [-0.2, -0.15) is 0 Å². The van der Waals surface area contributed by atoms with Gasteiger partial charge >= 0.3 is 58.9 Å². The van der Waals surface area contributed by atoms with Gasteiger partial charge in [-0.25, -0.2) is 0 Å². The van der Waals surface area contributed by atoms with Crippen LogP contribution in [0.2, 0.25) is 0 Å². The van der Waals surface area contributed by atoms with Gasteiger partial charge in [0.25, 0.3) is 0 Å². The van der Waals surface area contributed by atoms with Gasteiger partial charge in [0, 0.05) is 12.1 Å². The Balaban J connectivity index is 0.00000210. The van der Waals surface area contributed by atoms with Crippen molar-refractivity contribution in [2.75, 3.05) is 26.2 Å². The Kier molecular flexibility index (Phi) is 13.6. The van der Waals surface area contributed by atoms with Crippen LogP contribution in [0.4, 0.5) is 0 Å². The van der Waals surface area contributed by atoms with Crippen molar-refractivity contribution in [1.82, 2.24) is 9.80 Å². The molecule has 0 aromatic rings. The Hall–Kier alpha value is -0.958. The molecule has 0 spiro atoms. The standard InChI is InChI=1S/C14H22N2O8.2ClH.Pd/c17-11(18)5-15(6-12(19)20)9-3-1-2-4-10(9)16(7-13(21)22)8-14(23)24;;;/h9-10H,1-8H2,(H,17,18)(H,19,20)(H,21,22)(H,23,24);2*1H;/q;;;+2/p-2. The molecule has 10 nitrogen and oxygen atoms in total. The van der Waals surface area contributed by atoms with Crippen LogP contribution in [0.25, 0.3) is 0 Å². The van der Waals surface area contributed by atoms with Crippen LogP contribution in [0.15, 0.2) is 0 Å². The van der Waals surface area contributed by atoms with E-state index in [1.54, 1.807) is 0 Å². The third-order valence-electron chi connectivity index (χ3n) is 3.99. The molecule has 0 saturated heterocycles. The average molecular weight is 524 g/mol. The average Bonchev–Trinajstić information content (AvgIpc) is 2.52. The number of hydrogen-bond donors (Lipinski definition) is 4. The zero-order valence-corrected chi connectivity index (χ0v) is 17.3. The predicted molar refractivity (Wildman–Crippen MR) is 91.4 cm³/mol. The number of carbonyl (C=O) groups is 4. The van der Waals surface area contributed by atoms with Crippen molar-refractivity contribution >= 4 is 42.9 Å². The number of hydrogen-bond acceptors (Lipinski definition) is 6. The summed E-state index contributed by atoms with van der Waals surface area (Å²) in [5.74, 6) is -4.76. The number of halogens is 2. The maximum absolute atomic E-state index is 11.0. The van der Waals surface area contributed by atoms with E-state index in [9.17, 15) is 19.2 Å². The minimum atomic E-state index is -1.19. The fourth-order valence-corrected chi connectivity index (χ4v) is 3.22. The van der Waals surface area contributed by atoms with Crippen molar-refractivity contribution in [3.8, 4) is 0 Å². The van der Waals surface area contributed by atoms with Gasteiger partial charge in [-0.05, 0) is 12.8 Å². The summed E-state index contributed by atoms with van der Waals surface area (Å²) >= 11 is -0.106. The van der Waals surface area contributed by atoms with Crippen LogP contribution in [0.1, 0.15) is 25.7 Å². The second-order valence-electron chi connectivity index (χ2n) is 5.85. The summed E-state index contributed by atoms with van der Waals surface area (Å²) in [5, 5.41) is 36.0. The first-order chi connectivity index (χ1) is 12.6. The van der Waals surface area contributed by atoms with Crippen LogP contribution in [0.5, 0.6) is 0 Å². The fourth-order valence-electron chi connectivity index (χ4n) is 3.22. The molecule has 0 bridgehead atoms. The van der Waals surface area contributed by atoms with E-state index < -0.39 is 62.1 Å². The van der Waals surface area contributed by atoms with Crippen molar-refractivity contribution in [2.24, 2.45) is 0 Å². The van der Waals surface area contributed by atoms with Gasteiger partial charge in [-0.3, -0.25) is 29.0 Å². The molecule has 4 N–H and O–H groups in total. The molecule has 0 aromatic heterocycles. The van der Waals surface area contributed by atoms with Crippen molar-refractivity contribution in [1.29, 1.82) is 0 Å². The molecule has 1 rings (SSSR count). The van der Waals surface area contributed by atoms with Gasteiger partial charge < -0.3 is 20.4 Å². The molecule has 1 aliphatic carbocycles. The molecule has 2 unspecified atom stereocenters. The summed E-state index contributed by atoms with van der Waals surface area (Å²) < 4.78 is 0. The Bertz CT molecular complexity index is 449. The molecule has 1 saturated carbocycles. The van der Waals surface area contributed by atoms with Crippen LogP contribution < -0.4 is 0 Å². The zero-order valence-electron chi connectivity index (χ0n) is 14.2. The van der Waals surface area contributed by atoms with Crippen LogP contribution >= 0.6 is 19.1 Å². The van der Waals surface area contributed by atoms with Gasteiger partial charge in [-0.15, -0.1) is 0 Å². The van der Waals surface area contributed by atoms with Gasteiger partial charge in [0.05, 0.1) is 26.2 Å². The van der Waals surface area contributed by atoms with E-state index >= 15 is 0 Å². The monoisotopic (exact) mass is 522 g/mol. The quantitative estimate of drug-likeness (QED) is 0.299. The zero-order chi connectivity index (χ0) is 21.0. The number of aliphatic carboxylic acids is 4. The maximum atomic E-state index is 11.0. The topological polar surface area (TPSA) is 156 Å². The van der Waals surface area contributed by atoms with E-state index in [4.69, 9.17) is 39.5 Å². The molecule has 27 heavy (non-hydrogen) atoms. The SMILES string of the molecule is O=C(O)CN(CC(=O)O)C1CCCCC1N(CC(=O)O)CC(=O)O.[Cl][Pd][Cl]. The molecule has 0 aliphatic heterocycles. The van der Waals surface area contributed by atoms with Gasteiger partial charge in [-0.1, -0.05) is 12.8 Å². The first-order valence-corrected chi connectivity index (χ1v) is 11.8. The van der Waals surface area contributed by atoms with Gasteiger partial charge in [0.15, 0.2) is 0 Å². The summed E-state index contributed by atoms with van der Waals surface area (Å²) in [6.45, 7) is -1.99. The summed E-state index contributed by atoms with van der Waals surface area (Å²) in [6.07, 6.45) is 2.46. The Morgan fingerprint density at radius 1 is 0.704 bits per heavy atom. The number of rotatable bonds is 10. The number of nitrogens with zero attached hydrogens (tertiary/aromatic N) is 2. The van der Waals surface area contributed by atoms with Crippen LogP contribution in [-0.4, -0.2) is 92.4 Å². The minimum absolute atomic E-state index is 0.106. The Labute approximate surface area is 172 Å². The van der Waals surface area contributed by atoms with Gasteiger partial charge in [0.2, 0.25) is 0 Å². The van der Waals surface area contributed by atoms with E-state index in [0.29, 0.717) is 12.8 Å². The van der Waals surface area contributed by atoms with E-state index in [1.807, 2.05) is 0 Å². The van der Waals surface area contributed by atoms with Crippen LogP contribution in [0, 0.1) is 0 Å². The molecule has 0 heterocycles. The molecule has 0 amide bonds. The van der Waals surface area contributed by atoms with E-state index in [2.05, 4.69) is 0 Å². The Morgan fingerprint density at radius 2 is 0.926 bits per heavy atom. The molecule has 0 aromatic carbocycles. The van der Waals surface area contributed by atoms with Crippen LogP contribution in [0.3, 0.4) is 0 Å². The van der Waals surface area contributed by atoms with Crippen molar-refractivity contribution in [3.05, 3.63) is 0 Å². The van der Waals surface area contributed by atoms with Gasteiger partial charge in [0.1, 0.15) is 0 Å². The van der Waals surface area contributed by atoms with Crippen molar-refractivity contribution in [3.63, 3.8) is 0 Å². The second-order valence-corrected chi connectivity index (χ2v) is 8.21. The second kappa shape index (κ2) is 14.1. The van der Waals surface area contributed by atoms with E-state index in [0.717, 1.165) is 12.8 Å². The van der Waals surface area contributed by atoms with Crippen molar-refractivity contribution in [2.45, 2.75) is 37.8 Å². The molecular weight excluding hydrogens is 501 g/mol. The molecule has 1 fully saturated rings. The Morgan fingerprint density at radius 3 is 1.11 bits per heavy atom. The molecular formula is C14H22Cl2N2O8Pd. The van der Waals surface area contributed by atoms with Crippen LogP contribution in [-0.2, 0) is 35.1 Å². The molecule has 0 radical (unpaired) electrons. The van der Waals surface area contributed by atoms with E-state index in [1.165, 1.54) is 9.80 Å². The molecule has 13 heteroatoms. The first-order valence-electron chi connectivity index (χ1n) is 7.80. The third-order valence-corrected chi connectivity index (χ3v) is 3.99. The molecule has 160 valence electrons. The number of carboxylic acids is 4. The van der Waals surface area contributed by atoms with Crippen molar-refractivity contribution < 1.29 is 55.5 Å². The predicted octanol–water partition coefficient (Wildman–Crippen LogP) is 0.616. The molecule has 1 aliphatic rings. The summed E-state index contributed by atoms with van der Waals surface area (Å²) in [4.78, 5) is 46.7. The normalized spacial score (nSPS) is 19.4.